The summed E-state index contributed by atoms with van der Waals surface area (Å²) in [5.74, 6) is 1.01. The number of nitrogens with zero attached hydrogens (tertiary/aromatic N) is 2. The summed E-state index contributed by atoms with van der Waals surface area (Å²) < 4.78 is 25.5. The van der Waals surface area contributed by atoms with Gasteiger partial charge in [-0.15, -0.1) is 0 Å². The smallest absolute Gasteiger partial charge is 0.253 e. The zero-order valence-electron chi connectivity index (χ0n) is 18.3. The van der Waals surface area contributed by atoms with E-state index in [4.69, 9.17) is 0 Å². The van der Waals surface area contributed by atoms with E-state index in [9.17, 15) is 18.0 Å². The highest BCUT2D eigenvalue weighted by Gasteiger charge is 2.21. The minimum Gasteiger partial charge on any atom is -0.354 e. The van der Waals surface area contributed by atoms with E-state index in [1.165, 1.54) is 28.2 Å². The number of aryl methyl sites for hydroxylation is 1. The van der Waals surface area contributed by atoms with Crippen molar-refractivity contribution in [2.24, 2.45) is 0 Å². The predicted molar refractivity (Wildman–Crippen MR) is 127 cm³/mol. The van der Waals surface area contributed by atoms with Crippen LogP contribution in [0.3, 0.4) is 0 Å². The third kappa shape index (κ3) is 7.91. The molecular weight excluding hydrogens is 434 g/mol. The van der Waals surface area contributed by atoms with Crippen LogP contribution in [0, 0.1) is 6.92 Å². The molecule has 0 unspecified atom stereocenters. The molecule has 0 radical (unpaired) electrons. The second kappa shape index (κ2) is 11.2. The van der Waals surface area contributed by atoms with E-state index in [1.807, 2.05) is 6.92 Å². The molecule has 0 atom stereocenters. The van der Waals surface area contributed by atoms with Crippen LogP contribution in [0.4, 0.5) is 5.69 Å². The molecule has 0 saturated carbocycles. The molecule has 2 aromatic carbocycles. The minimum absolute atomic E-state index is 0.182. The Hall–Kier alpha value is -2.52. The Morgan fingerprint density at radius 3 is 2.16 bits per heavy atom. The van der Waals surface area contributed by atoms with Gasteiger partial charge in [-0.05, 0) is 36.8 Å². The Labute approximate surface area is 188 Å². The van der Waals surface area contributed by atoms with Crippen molar-refractivity contribution in [2.75, 3.05) is 43.5 Å². The van der Waals surface area contributed by atoms with Gasteiger partial charge < -0.3 is 10.2 Å². The fourth-order valence-electron chi connectivity index (χ4n) is 2.75. The summed E-state index contributed by atoms with van der Waals surface area (Å²) in [5, 5.41) is 2.77. The summed E-state index contributed by atoms with van der Waals surface area (Å²) in [5.41, 5.74) is 3.22. The molecule has 168 valence electrons. The number of rotatable bonds is 10. The van der Waals surface area contributed by atoms with Crippen molar-refractivity contribution in [3.05, 3.63) is 65.2 Å². The first-order valence-corrected chi connectivity index (χ1v) is 12.8. The highest BCUT2D eigenvalue weighted by Crippen LogP contribution is 2.19. The number of benzene rings is 2. The first-order valence-electron chi connectivity index (χ1n) is 9.77. The fraction of sp³-hybridized carbons (Fsp3) is 0.364. The Morgan fingerprint density at radius 1 is 1.00 bits per heavy atom. The van der Waals surface area contributed by atoms with Gasteiger partial charge in [-0.2, -0.15) is 11.8 Å². The molecule has 2 amide bonds. The topological polar surface area (TPSA) is 86.8 Å². The largest absolute Gasteiger partial charge is 0.354 e. The van der Waals surface area contributed by atoms with Crippen LogP contribution < -0.4 is 9.62 Å². The van der Waals surface area contributed by atoms with Crippen LogP contribution in [0.1, 0.15) is 21.5 Å². The van der Waals surface area contributed by atoms with Crippen molar-refractivity contribution in [1.82, 2.24) is 10.2 Å². The molecule has 0 saturated heterocycles. The molecule has 0 fully saturated rings. The molecule has 9 heteroatoms. The number of carbonyl (C=O) groups excluding carboxylic acids is 2. The Bertz CT molecular complexity index is 988. The molecule has 0 bridgehead atoms. The van der Waals surface area contributed by atoms with Gasteiger partial charge in [-0.1, -0.05) is 29.8 Å². The summed E-state index contributed by atoms with van der Waals surface area (Å²) in [7, 11) is -0.383. The molecular formula is C22H29N3O4S2. The van der Waals surface area contributed by atoms with E-state index in [1.54, 1.807) is 38.0 Å². The van der Waals surface area contributed by atoms with Crippen molar-refractivity contribution in [2.45, 2.75) is 12.7 Å². The van der Waals surface area contributed by atoms with Crippen molar-refractivity contribution in [1.29, 1.82) is 0 Å². The lowest BCUT2D eigenvalue weighted by atomic mass is 10.2. The SMILES string of the molecule is Cc1ccc(CSCCNC(=O)CN(c2ccc(C(=O)N(C)C)cc2)S(C)(=O)=O)cc1. The van der Waals surface area contributed by atoms with Gasteiger partial charge in [0.1, 0.15) is 6.54 Å². The van der Waals surface area contributed by atoms with Gasteiger partial charge in [0, 0.05) is 37.7 Å². The summed E-state index contributed by atoms with van der Waals surface area (Å²) >= 11 is 1.70. The highest BCUT2D eigenvalue weighted by molar-refractivity contribution is 7.98. The van der Waals surface area contributed by atoms with Gasteiger partial charge in [0.25, 0.3) is 5.91 Å². The Morgan fingerprint density at radius 2 is 1.61 bits per heavy atom. The van der Waals surface area contributed by atoms with Crippen molar-refractivity contribution in [3.8, 4) is 0 Å². The Kier molecular flexibility index (Phi) is 8.94. The van der Waals surface area contributed by atoms with E-state index < -0.39 is 10.0 Å². The van der Waals surface area contributed by atoms with Crippen LogP contribution >= 0.6 is 11.8 Å². The van der Waals surface area contributed by atoms with Crippen molar-refractivity contribution >= 4 is 39.3 Å². The van der Waals surface area contributed by atoms with Crippen molar-refractivity contribution in [3.63, 3.8) is 0 Å². The van der Waals surface area contributed by atoms with E-state index in [0.29, 0.717) is 17.8 Å². The lowest BCUT2D eigenvalue weighted by Gasteiger charge is -2.22. The molecule has 0 heterocycles. The molecule has 2 rings (SSSR count). The molecule has 0 aliphatic rings. The standard InChI is InChI=1S/C22H29N3O4S2/c1-17-5-7-18(8-6-17)16-30-14-13-23-21(26)15-25(31(4,28)29)20-11-9-19(10-12-20)22(27)24(2)3/h5-12H,13-16H2,1-4H3,(H,23,26). The molecule has 7 nitrogen and oxygen atoms in total. The van der Waals surface area contributed by atoms with Crippen LogP contribution in [-0.4, -0.2) is 64.3 Å². The van der Waals surface area contributed by atoms with Crippen molar-refractivity contribution < 1.29 is 18.0 Å². The summed E-state index contributed by atoms with van der Waals surface area (Å²) in [4.78, 5) is 25.8. The van der Waals surface area contributed by atoms with Crippen LogP contribution in [0.5, 0.6) is 0 Å². The van der Waals surface area contributed by atoms with Gasteiger partial charge in [0.05, 0.1) is 11.9 Å². The number of sulfonamides is 1. The zero-order chi connectivity index (χ0) is 23.0. The quantitative estimate of drug-likeness (QED) is 0.547. The van der Waals surface area contributed by atoms with Gasteiger partial charge in [-0.3, -0.25) is 13.9 Å². The fourth-order valence-corrected chi connectivity index (χ4v) is 4.43. The number of carbonyl (C=O) groups is 2. The van der Waals surface area contributed by atoms with E-state index >= 15 is 0 Å². The minimum atomic E-state index is -3.67. The third-order valence-corrected chi connectivity index (χ3v) is 6.62. The maximum Gasteiger partial charge on any atom is 0.253 e. The van der Waals surface area contributed by atoms with Gasteiger partial charge in [-0.25, -0.2) is 8.42 Å². The summed E-state index contributed by atoms with van der Waals surface area (Å²) in [6.07, 6.45) is 1.05. The van der Waals surface area contributed by atoms with Gasteiger partial charge in [0.2, 0.25) is 15.9 Å². The van der Waals surface area contributed by atoms with Crippen LogP contribution in [0.25, 0.3) is 0 Å². The molecule has 1 N–H and O–H groups in total. The number of anilines is 1. The second-order valence-corrected chi connectivity index (χ2v) is 10.4. The van der Waals surface area contributed by atoms with E-state index in [2.05, 4.69) is 29.6 Å². The average molecular weight is 464 g/mol. The predicted octanol–water partition coefficient (Wildman–Crippen LogP) is 2.51. The second-order valence-electron chi connectivity index (χ2n) is 7.40. The average Bonchev–Trinajstić information content (AvgIpc) is 2.72. The normalized spacial score (nSPS) is 11.1. The number of nitrogens with one attached hydrogen (secondary N) is 1. The van der Waals surface area contributed by atoms with E-state index in [-0.39, 0.29) is 18.4 Å². The summed E-state index contributed by atoms with van der Waals surface area (Å²) in [6.45, 7) is 2.18. The third-order valence-electron chi connectivity index (χ3n) is 4.45. The monoisotopic (exact) mass is 463 g/mol. The lowest BCUT2D eigenvalue weighted by Crippen LogP contribution is -2.41. The number of amides is 2. The number of thioether (sulfide) groups is 1. The van der Waals surface area contributed by atoms with Crippen LogP contribution in [0.2, 0.25) is 0 Å². The van der Waals surface area contributed by atoms with Crippen LogP contribution in [-0.2, 0) is 20.6 Å². The van der Waals surface area contributed by atoms with E-state index in [0.717, 1.165) is 22.1 Å². The highest BCUT2D eigenvalue weighted by atomic mass is 32.2. The first-order chi connectivity index (χ1) is 14.6. The van der Waals surface area contributed by atoms with Gasteiger partial charge >= 0.3 is 0 Å². The lowest BCUT2D eigenvalue weighted by molar-refractivity contribution is -0.119. The maximum absolute atomic E-state index is 12.3. The number of hydrogen-bond acceptors (Lipinski definition) is 5. The van der Waals surface area contributed by atoms with Crippen LogP contribution in [0.15, 0.2) is 48.5 Å². The molecule has 0 spiro atoms. The molecule has 2 aromatic rings. The molecule has 0 aliphatic heterocycles. The first kappa shape index (κ1) is 24.7. The summed E-state index contributed by atoms with van der Waals surface area (Å²) in [6, 6.07) is 14.5. The molecule has 0 aliphatic carbocycles. The molecule has 31 heavy (non-hydrogen) atoms. The maximum atomic E-state index is 12.3. The molecule has 0 aromatic heterocycles. The zero-order valence-corrected chi connectivity index (χ0v) is 19.9. The number of hydrogen-bond donors (Lipinski definition) is 1. The van der Waals surface area contributed by atoms with Gasteiger partial charge in [0.15, 0.2) is 0 Å². The Balaban J connectivity index is 1.88.